The minimum absolute atomic E-state index is 0.0366. The quantitative estimate of drug-likeness (QED) is 0.206. The highest BCUT2D eigenvalue weighted by Gasteiger charge is 2.40. The Balaban J connectivity index is 2.99. The van der Waals surface area contributed by atoms with Crippen LogP contribution in [-0.4, -0.2) is 68.9 Å². The average molecular weight is 486 g/mol. The zero-order valence-corrected chi connectivity index (χ0v) is 23.0. The van der Waals surface area contributed by atoms with E-state index in [1.54, 1.807) is 0 Å². The Kier molecular flexibility index (Phi) is 15.2. The van der Waals surface area contributed by atoms with E-state index < -0.39 is 8.80 Å². The molecule has 9 nitrogen and oxygen atoms in total. The molecule has 0 radical (unpaired) electrons. The van der Waals surface area contributed by atoms with E-state index in [4.69, 9.17) is 23.0 Å². The Morgan fingerprint density at radius 2 is 1.42 bits per heavy atom. The van der Waals surface area contributed by atoms with Gasteiger partial charge in [-0.15, -0.1) is 0 Å². The van der Waals surface area contributed by atoms with E-state index in [9.17, 15) is 0 Å². The normalized spacial score (nSPS) is 11.8. The average Bonchev–Trinajstić information content (AvgIpc) is 2.77. The van der Waals surface area contributed by atoms with Crippen molar-refractivity contribution in [3.8, 4) is 6.01 Å². The Hall–Kier alpha value is -1.49. The van der Waals surface area contributed by atoms with Crippen LogP contribution in [0.1, 0.15) is 87.0 Å². The van der Waals surface area contributed by atoms with Crippen LogP contribution in [0.2, 0.25) is 0 Å². The van der Waals surface area contributed by atoms with Gasteiger partial charge in [-0.25, -0.2) is 0 Å². The first kappa shape index (κ1) is 29.5. The maximum Gasteiger partial charge on any atom is 0.521 e. The minimum Gasteiger partial charge on any atom is -0.461 e. The van der Waals surface area contributed by atoms with E-state index in [1.165, 1.54) is 32.1 Å². The zero-order valence-electron chi connectivity index (χ0n) is 22.0. The first-order valence-corrected chi connectivity index (χ1v) is 14.7. The third-order valence-electron chi connectivity index (χ3n) is 4.95. The zero-order chi connectivity index (χ0) is 24.5. The molecule has 0 aliphatic heterocycles. The van der Waals surface area contributed by atoms with E-state index in [2.05, 4.69) is 34.0 Å². The van der Waals surface area contributed by atoms with Gasteiger partial charge in [0.2, 0.25) is 11.9 Å². The van der Waals surface area contributed by atoms with Gasteiger partial charge in [0.05, 0.1) is 12.3 Å². The van der Waals surface area contributed by atoms with Gasteiger partial charge in [-0.1, -0.05) is 39.0 Å². The predicted octanol–water partition coefficient (Wildman–Crippen LogP) is 4.85. The lowest BCUT2D eigenvalue weighted by atomic mass is 10.1. The molecule has 0 fully saturated rings. The molecular weight excluding hydrogens is 438 g/mol. The number of anilines is 2. The molecule has 0 amide bonds. The van der Waals surface area contributed by atoms with Crippen LogP contribution in [0.4, 0.5) is 11.9 Å². The second kappa shape index (κ2) is 17.0. The van der Waals surface area contributed by atoms with Gasteiger partial charge < -0.3 is 28.2 Å². The maximum absolute atomic E-state index is 5.94. The van der Waals surface area contributed by atoms with Crippen molar-refractivity contribution in [1.82, 2.24) is 15.0 Å². The van der Waals surface area contributed by atoms with Crippen LogP contribution in [0.3, 0.4) is 0 Å². The van der Waals surface area contributed by atoms with E-state index in [1.807, 2.05) is 34.6 Å². The second-order valence-corrected chi connectivity index (χ2v) is 10.7. The number of unbranched alkanes of at least 4 members (excludes halogenated alkanes) is 5. The standard InChI is InChI=1S/C23H47N5O4Si/c1-8-13-14-15-16-17-18-28(9-2)22-25-21(26-23(27-22)32-20(6)7)24-19-33(29-10-3,30-11-4)31-12-5/h20H,8-19H2,1-7H3,(H,24,25,26,27). The van der Waals surface area contributed by atoms with Gasteiger partial charge in [0, 0.05) is 32.9 Å². The molecule has 1 heterocycles. The molecule has 0 saturated carbocycles. The fraction of sp³-hybridized carbons (Fsp3) is 0.870. The van der Waals surface area contributed by atoms with Crippen molar-refractivity contribution in [3.63, 3.8) is 0 Å². The van der Waals surface area contributed by atoms with Crippen molar-refractivity contribution in [2.75, 3.05) is 49.3 Å². The van der Waals surface area contributed by atoms with Crippen LogP contribution in [-0.2, 0) is 13.3 Å². The number of hydrogen-bond acceptors (Lipinski definition) is 9. The Morgan fingerprint density at radius 1 is 0.818 bits per heavy atom. The molecule has 10 heteroatoms. The van der Waals surface area contributed by atoms with Crippen LogP contribution < -0.4 is 15.0 Å². The molecule has 0 aliphatic rings. The molecular formula is C23H47N5O4Si. The molecule has 33 heavy (non-hydrogen) atoms. The summed E-state index contributed by atoms with van der Waals surface area (Å²) in [4.78, 5) is 15.9. The summed E-state index contributed by atoms with van der Waals surface area (Å²) in [5.41, 5.74) is 0. The lowest BCUT2D eigenvalue weighted by molar-refractivity contribution is 0.0740. The van der Waals surface area contributed by atoms with Crippen molar-refractivity contribution < 1.29 is 18.0 Å². The molecule has 0 saturated heterocycles. The number of aromatic nitrogens is 3. The van der Waals surface area contributed by atoms with Gasteiger partial charge in [-0.3, -0.25) is 0 Å². The number of rotatable bonds is 20. The SMILES string of the molecule is CCCCCCCCN(CC)c1nc(NC[Si](OCC)(OCC)OCC)nc(OC(C)C)n1. The van der Waals surface area contributed by atoms with Crippen molar-refractivity contribution in [3.05, 3.63) is 0 Å². The molecule has 0 unspecified atom stereocenters. The molecule has 0 bridgehead atoms. The second-order valence-electron chi connectivity index (χ2n) is 8.09. The number of nitrogens with one attached hydrogen (secondary N) is 1. The topological polar surface area (TPSA) is 90.9 Å². The molecule has 1 aromatic heterocycles. The lowest BCUT2D eigenvalue weighted by Gasteiger charge is -2.28. The van der Waals surface area contributed by atoms with Crippen molar-refractivity contribution >= 4 is 20.7 Å². The summed E-state index contributed by atoms with van der Waals surface area (Å²) in [6.45, 7) is 17.4. The van der Waals surface area contributed by atoms with Gasteiger partial charge in [-0.2, -0.15) is 15.0 Å². The molecule has 1 aromatic rings. The molecule has 0 spiro atoms. The van der Waals surface area contributed by atoms with E-state index >= 15 is 0 Å². The van der Waals surface area contributed by atoms with Crippen molar-refractivity contribution in [1.29, 1.82) is 0 Å². The third kappa shape index (κ3) is 11.5. The first-order chi connectivity index (χ1) is 15.9. The fourth-order valence-corrected chi connectivity index (χ4v) is 5.69. The van der Waals surface area contributed by atoms with Crippen molar-refractivity contribution in [2.24, 2.45) is 0 Å². The largest absolute Gasteiger partial charge is 0.521 e. The van der Waals surface area contributed by atoms with Gasteiger partial charge in [0.25, 0.3) is 0 Å². The van der Waals surface area contributed by atoms with Gasteiger partial charge >= 0.3 is 14.8 Å². The van der Waals surface area contributed by atoms with Crippen molar-refractivity contribution in [2.45, 2.75) is 93.1 Å². The predicted molar refractivity (Wildman–Crippen MR) is 136 cm³/mol. The van der Waals surface area contributed by atoms with Crippen LogP contribution >= 0.6 is 0 Å². The van der Waals surface area contributed by atoms with E-state index in [0.29, 0.717) is 43.9 Å². The smallest absolute Gasteiger partial charge is 0.461 e. The number of hydrogen-bond donors (Lipinski definition) is 1. The van der Waals surface area contributed by atoms with E-state index in [-0.39, 0.29) is 6.10 Å². The summed E-state index contributed by atoms with van der Waals surface area (Å²) < 4.78 is 23.6. The van der Waals surface area contributed by atoms with Crippen LogP contribution in [0.15, 0.2) is 0 Å². The molecule has 0 aliphatic carbocycles. The maximum atomic E-state index is 5.94. The monoisotopic (exact) mass is 485 g/mol. The Labute approximate surface area is 202 Å². The third-order valence-corrected chi connectivity index (χ3v) is 7.74. The molecule has 1 N–H and O–H groups in total. The lowest BCUT2D eigenvalue weighted by Crippen LogP contribution is -2.52. The molecule has 192 valence electrons. The van der Waals surface area contributed by atoms with Gasteiger partial charge in [0.15, 0.2) is 0 Å². The number of ether oxygens (including phenoxy) is 1. The highest BCUT2D eigenvalue weighted by atomic mass is 28.4. The fourth-order valence-electron chi connectivity index (χ4n) is 3.44. The molecule has 0 atom stereocenters. The summed E-state index contributed by atoms with van der Waals surface area (Å²) in [6.07, 6.45) is 7.82. The summed E-state index contributed by atoms with van der Waals surface area (Å²) in [6, 6.07) is 0.315. The summed E-state index contributed by atoms with van der Waals surface area (Å²) in [5, 5.41) is 3.28. The minimum atomic E-state index is -2.88. The van der Waals surface area contributed by atoms with Gasteiger partial charge in [-0.05, 0) is 48.0 Å². The molecule has 0 aromatic carbocycles. The summed E-state index contributed by atoms with van der Waals surface area (Å²) in [5.74, 6) is 1.06. The van der Waals surface area contributed by atoms with Crippen LogP contribution in [0, 0.1) is 0 Å². The first-order valence-electron chi connectivity index (χ1n) is 12.8. The Bertz CT molecular complexity index is 622. The van der Waals surface area contributed by atoms with E-state index in [0.717, 1.165) is 19.5 Å². The highest BCUT2D eigenvalue weighted by molar-refractivity contribution is 6.61. The van der Waals surface area contributed by atoms with Crippen LogP contribution in [0.5, 0.6) is 6.01 Å². The Morgan fingerprint density at radius 3 is 1.97 bits per heavy atom. The molecule has 1 rings (SSSR count). The summed E-state index contributed by atoms with van der Waals surface area (Å²) in [7, 11) is -2.88. The number of nitrogens with zero attached hydrogens (tertiary/aromatic N) is 4. The summed E-state index contributed by atoms with van der Waals surface area (Å²) >= 11 is 0. The van der Waals surface area contributed by atoms with Crippen LogP contribution in [0.25, 0.3) is 0 Å². The van der Waals surface area contributed by atoms with Gasteiger partial charge in [0.1, 0.15) is 0 Å². The highest BCUT2D eigenvalue weighted by Crippen LogP contribution is 2.19.